The van der Waals surface area contributed by atoms with Gasteiger partial charge in [0.05, 0.1) is 11.1 Å². The smallest absolute Gasteiger partial charge is 0.338 e. The number of nitrogen functional groups attached to an aromatic ring is 1. The van der Waals surface area contributed by atoms with Gasteiger partial charge >= 0.3 is 11.9 Å². The minimum atomic E-state index is -1.13. The van der Waals surface area contributed by atoms with Crippen molar-refractivity contribution in [1.82, 2.24) is 0 Å². The third kappa shape index (κ3) is 3.46. The van der Waals surface area contributed by atoms with E-state index in [1.165, 1.54) is 18.2 Å². The van der Waals surface area contributed by atoms with Gasteiger partial charge in [0, 0.05) is 11.0 Å². The summed E-state index contributed by atoms with van der Waals surface area (Å²) in [6, 6.07) is 3.97. The van der Waals surface area contributed by atoms with E-state index in [1.54, 1.807) is 13.8 Å². The van der Waals surface area contributed by atoms with Crippen molar-refractivity contribution in [3.8, 4) is 0 Å². The highest BCUT2D eigenvalue weighted by atomic mass is 79.9. The van der Waals surface area contributed by atoms with Crippen LogP contribution in [0.4, 0.5) is 5.69 Å². The van der Waals surface area contributed by atoms with Crippen LogP contribution in [0.1, 0.15) is 34.6 Å². The van der Waals surface area contributed by atoms with Crippen molar-refractivity contribution in [2.45, 2.75) is 19.4 Å². The topological polar surface area (TPSA) is 89.6 Å². The van der Waals surface area contributed by atoms with Crippen LogP contribution in [0.5, 0.6) is 0 Å². The lowest BCUT2D eigenvalue weighted by Gasteiger charge is -2.22. The van der Waals surface area contributed by atoms with Crippen LogP contribution in [0.2, 0.25) is 0 Å². The summed E-state index contributed by atoms with van der Waals surface area (Å²) in [5, 5.41) is 9.31. The molecule has 0 aromatic heterocycles. The molecular weight excluding hydrogens is 302 g/mol. The van der Waals surface area contributed by atoms with Gasteiger partial charge in [-0.1, -0.05) is 15.9 Å². The number of nitrogens with two attached hydrogens (primary N) is 1. The quantitative estimate of drug-likeness (QED) is 0.505. The van der Waals surface area contributed by atoms with Crippen molar-refractivity contribution in [3.05, 3.63) is 29.3 Å². The number of ether oxygens (including phenoxy) is 1. The molecule has 0 fully saturated rings. The second kappa shape index (κ2) is 5.39. The van der Waals surface area contributed by atoms with Gasteiger partial charge in [0.25, 0.3) is 0 Å². The molecule has 0 heterocycles. The number of hydrogen-bond acceptors (Lipinski definition) is 4. The monoisotopic (exact) mass is 315 g/mol. The summed E-state index contributed by atoms with van der Waals surface area (Å²) < 4.78 is 5.24. The zero-order valence-corrected chi connectivity index (χ0v) is 11.7. The molecule has 0 spiro atoms. The number of carbonyl (C=O) groups is 2. The van der Waals surface area contributed by atoms with E-state index >= 15 is 0 Å². The van der Waals surface area contributed by atoms with E-state index in [2.05, 4.69) is 15.9 Å². The van der Waals surface area contributed by atoms with E-state index < -0.39 is 17.5 Å². The Balaban J connectivity index is 2.95. The Morgan fingerprint density at radius 2 is 2.06 bits per heavy atom. The predicted molar refractivity (Wildman–Crippen MR) is 71.1 cm³/mol. The van der Waals surface area contributed by atoms with Gasteiger partial charge in [-0.2, -0.15) is 0 Å². The van der Waals surface area contributed by atoms with Gasteiger partial charge in [0.2, 0.25) is 0 Å². The molecule has 0 bridgehead atoms. The SMILES string of the molecule is CC(C)(CBr)OC(=O)c1ccc(C(=O)O)c(N)c1. The van der Waals surface area contributed by atoms with E-state index in [4.69, 9.17) is 15.6 Å². The summed E-state index contributed by atoms with van der Waals surface area (Å²) in [6.45, 7) is 3.52. The van der Waals surface area contributed by atoms with Crippen molar-refractivity contribution >= 4 is 33.6 Å². The number of aromatic carboxylic acids is 1. The Hall–Kier alpha value is -1.56. The average Bonchev–Trinajstić information content (AvgIpc) is 2.27. The fourth-order valence-corrected chi connectivity index (χ4v) is 1.34. The van der Waals surface area contributed by atoms with Gasteiger partial charge in [0.15, 0.2) is 0 Å². The van der Waals surface area contributed by atoms with Crippen LogP contribution in [0, 0.1) is 0 Å². The molecule has 0 atom stereocenters. The molecule has 0 radical (unpaired) electrons. The average molecular weight is 316 g/mol. The van der Waals surface area contributed by atoms with Crippen LogP contribution < -0.4 is 5.73 Å². The Labute approximate surface area is 113 Å². The first kappa shape index (κ1) is 14.5. The number of carboxylic acids is 1. The molecule has 1 aromatic carbocycles. The summed E-state index contributed by atoms with van der Waals surface area (Å²) >= 11 is 3.24. The summed E-state index contributed by atoms with van der Waals surface area (Å²) in [4.78, 5) is 22.6. The molecule has 3 N–H and O–H groups in total. The second-order valence-electron chi connectivity index (χ2n) is 4.39. The van der Waals surface area contributed by atoms with Crippen LogP contribution >= 0.6 is 15.9 Å². The molecule has 0 saturated carbocycles. The number of rotatable bonds is 4. The van der Waals surface area contributed by atoms with Crippen molar-refractivity contribution < 1.29 is 19.4 Å². The van der Waals surface area contributed by atoms with Crippen molar-refractivity contribution in [3.63, 3.8) is 0 Å². The van der Waals surface area contributed by atoms with E-state index in [0.29, 0.717) is 5.33 Å². The van der Waals surface area contributed by atoms with Crippen LogP contribution in [-0.4, -0.2) is 28.0 Å². The molecule has 0 aliphatic heterocycles. The maximum Gasteiger partial charge on any atom is 0.338 e. The number of hydrogen-bond donors (Lipinski definition) is 2. The maximum absolute atomic E-state index is 11.8. The van der Waals surface area contributed by atoms with E-state index in [9.17, 15) is 9.59 Å². The van der Waals surface area contributed by atoms with Crippen LogP contribution in [0.3, 0.4) is 0 Å². The van der Waals surface area contributed by atoms with Gasteiger partial charge < -0.3 is 15.6 Å². The highest BCUT2D eigenvalue weighted by Crippen LogP contribution is 2.19. The normalized spacial score (nSPS) is 11.1. The number of alkyl halides is 1. The summed E-state index contributed by atoms with van der Waals surface area (Å²) in [5.41, 5.74) is 5.15. The van der Waals surface area contributed by atoms with Crippen LogP contribution in [0.25, 0.3) is 0 Å². The zero-order valence-electron chi connectivity index (χ0n) is 10.1. The molecule has 18 heavy (non-hydrogen) atoms. The fraction of sp³-hybridized carbons (Fsp3) is 0.333. The van der Waals surface area contributed by atoms with E-state index in [-0.39, 0.29) is 16.8 Å². The lowest BCUT2D eigenvalue weighted by Crippen LogP contribution is -2.29. The molecule has 0 unspecified atom stereocenters. The van der Waals surface area contributed by atoms with E-state index in [0.717, 1.165) is 0 Å². The van der Waals surface area contributed by atoms with E-state index in [1.807, 2.05) is 0 Å². The van der Waals surface area contributed by atoms with Gasteiger partial charge in [-0.15, -0.1) is 0 Å². The Morgan fingerprint density at radius 3 is 2.50 bits per heavy atom. The largest absolute Gasteiger partial charge is 0.478 e. The maximum atomic E-state index is 11.8. The van der Waals surface area contributed by atoms with Crippen molar-refractivity contribution in [2.24, 2.45) is 0 Å². The Bertz CT molecular complexity index is 485. The van der Waals surface area contributed by atoms with Gasteiger partial charge in [-0.05, 0) is 32.0 Å². The number of halogens is 1. The first-order valence-electron chi connectivity index (χ1n) is 5.19. The molecule has 1 aromatic rings. The third-order valence-electron chi connectivity index (χ3n) is 2.21. The van der Waals surface area contributed by atoms with Crippen molar-refractivity contribution in [1.29, 1.82) is 0 Å². The number of esters is 1. The molecule has 0 saturated heterocycles. The molecule has 0 amide bonds. The number of carboxylic acid groups (broad SMARTS) is 1. The predicted octanol–water partition coefficient (Wildman–Crippen LogP) is 2.30. The molecule has 5 nitrogen and oxygen atoms in total. The first-order chi connectivity index (χ1) is 8.26. The minimum Gasteiger partial charge on any atom is -0.478 e. The molecular formula is C12H14BrNO4. The van der Waals surface area contributed by atoms with Crippen LogP contribution in [0.15, 0.2) is 18.2 Å². The highest BCUT2D eigenvalue weighted by molar-refractivity contribution is 9.09. The third-order valence-corrected chi connectivity index (χ3v) is 3.56. The second-order valence-corrected chi connectivity index (χ2v) is 4.95. The summed E-state index contributed by atoms with van der Waals surface area (Å²) in [7, 11) is 0. The zero-order chi connectivity index (χ0) is 13.9. The first-order valence-corrected chi connectivity index (χ1v) is 6.31. The lowest BCUT2D eigenvalue weighted by atomic mass is 10.1. The fourth-order valence-electron chi connectivity index (χ4n) is 1.22. The molecule has 6 heteroatoms. The number of benzene rings is 1. The number of anilines is 1. The van der Waals surface area contributed by atoms with Crippen molar-refractivity contribution in [2.75, 3.05) is 11.1 Å². The molecule has 0 aliphatic carbocycles. The number of carbonyl (C=O) groups excluding carboxylic acids is 1. The standard InChI is InChI=1S/C12H14BrNO4/c1-12(2,6-13)18-11(17)7-3-4-8(10(15)16)9(14)5-7/h3-5H,6,14H2,1-2H3,(H,15,16). The highest BCUT2D eigenvalue weighted by Gasteiger charge is 2.23. The lowest BCUT2D eigenvalue weighted by molar-refractivity contribution is 0.00921. The minimum absolute atomic E-state index is 0.0357. The van der Waals surface area contributed by atoms with Gasteiger partial charge in [-0.3, -0.25) is 0 Å². The van der Waals surface area contributed by atoms with Gasteiger partial charge in [-0.25, -0.2) is 9.59 Å². The Morgan fingerprint density at radius 1 is 1.44 bits per heavy atom. The van der Waals surface area contributed by atoms with Crippen LogP contribution in [-0.2, 0) is 4.74 Å². The molecule has 98 valence electrons. The summed E-state index contributed by atoms with van der Waals surface area (Å²) in [6.07, 6.45) is 0. The molecule has 0 aliphatic rings. The summed E-state index contributed by atoms with van der Waals surface area (Å²) in [5.74, 6) is -1.67. The Kier molecular flexibility index (Phi) is 4.34. The van der Waals surface area contributed by atoms with Gasteiger partial charge in [0.1, 0.15) is 5.60 Å². The molecule has 1 rings (SSSR count).